The van der Waals surface area contributed by atoms with Crippen LogP contribution in [0, 0.1) is 5.92 Å². The molecule has 1 saturated heterocycles. The van der Waals surface area contributed by atoms with E-state index in [1.54, 1.807) is 0 Å². The molecule has 1 heterocycles. The number of hydrogen-bond donors (Lipinski definition) is 0. The predicted octanol–water partition coefficient (Wildman–Crippen LogP) is 4.49. The molecule has 0 N–H and O–H groups in total. The van der Waals surface area contributed by atoms with Gasteiger partial charge in [0.05, 0.1) is 6.10 Å². The van der Waals surface area contributed by atoms with E-state index >= 15 is 0 Å². The zero-order valence-corrected chi connectivity index (χ0v) is 12.7. The van der Waals surface area contributed by atoms with E-state index in [4.69, 9.17) is 4.74 Å². The Morgan fingerprint density at radius 2 is 1.95 bits per heavy atom. The van der Waals surface area contributed by atoms with Crippen molar-refractivity contribution < 1.29 is 4.74 Å². The second kappa shape index (κ2) is 6.31. The van der Waals surface area contributed by atoms with Crippen LogP contribution >= 0.6 is 0 Å². The average Bonchev–Trinajstić information content (AvgIpc) is 2.38. The number of ether oxygens (including phenoxy) is 1. The van der Waals surface area contributed by atoms with Crippen LogP contribution in [-0.4, -0.2) is 18.7 Å². The van der Waals surface area contributed by atoms with Crippen LogP contribution in [0.3, 0.4) is 0 Å². The van der Waals surface area contributed by atoms with Crippen molar-refractivity contribution in [3.8, 4) is 5.75 Å². The molecule has 2 nitrogen and oxygen atoms in total. The molecule has 1 aliphatic rings. The van der Waals surface area contributed by atoms with Crippen LogP contribution in [-0.2, 0) is 0 Å². The van der Waals surface area contributed by atoms with E-state index < -0.39 is 0 Å². The van der Waals surface area contributed by atoms with E-state index in [0.717, 1.165) is 5.75 Å². The van der Waals surface area contributed by atoms with Gasteiger partial charge in [0, 0.05) is 24.3 Å². The van der Waals surface area contributed by atoms with E-state index in [2.05, 4.69) is 56.9 Å². The van der Waals surface area contributed by atoms with E-state index in [1.807, 2.05) is 0 Å². The minimum atomic E-state index is 0.234. The van der Waals surface area contributed by atoms with Gasteiger partial charge in [0.25, 0.3) is 0 Å². The maximum Gasteiger partial charge on any atom is 0.121 e. The lowest BCUT2D eigenvalue weighted by molar-refractivity contribution is 0.242. The van der Waals surface area contributed by atoms with E-state index in [9.17, 15) is 0 Å². The zero-order chi connectivity index (χ0) is 13.8. The van der Waals surface area contributed by atoms with Crippen molar-refractivity contribution >= 4 is 5.69 Å². The Kier molecular flexibility index (Phi) is 4.73. The maximum absolute atomic E-state index is 5.81. The van der Waals surface area contributed by atoms with Gasteiger partial charge in [0.2, 0.25) is 0 Å². The molecule has 0 amide bonds. The SMILES string of the molecule is CC(C)Oc1cccc(N2CCCCC2C(C)C)c1. The maximum atomic E-state index is 5.81. The molecule has 1 unspecified atom stereocenters. The van der Waals surface area contributed by atoms with Crippen molar-refractivity contribution in [2.24, 2.45) is 5.92 Å². The van der Waals surface area contributed by atoms with Crippen LogP contribution in [0.4, 0.5) is 5.69 Å². The molecule has 19 heavy (non-hydrogen) atoms. The summed E-state index contributed by atoms with van der Waals surface area (Å²) in [6.07, 6.45) is 4.21. The number of nitrogens with zero attached hydrogens (tertiary/aromatic N) is 1. The molecule has 1 aliphatic heterocycles. The van der Waals surface area contributed by atoms with Gasteiger partial charge in [-0.2, -0.15) is 0 Å². The Morgan fingerprint density at radius 3 is 2.63 bits per heavy atom. The number of benzene rings is 1. The van der Waals surface area contributed by atoms with Crippen molar-refractivity contribution in [1.82, 2.24) is 0 Å². The Bertz CT molecular complexity index is 400. The first-order chi connectivity index (χ1) is 9.08. The highest BCUT2D eigenvalue weighted by Gasteiger charge is 2.25. The molecule has 0 spiro atoms. The number of anilines is 1. The standard InChI is InChI=1S/C17H27NO/c1-13(2)17-10-5-6-11-18(17)15-8-7-9-16(12-15)19-14(3)4/h7-9,12-14,17H,5-6,10-11H2,1-4H3. The minimum Gasteiger partial charge on any atom is -0.491 e. The van der Waals surface area contributed by atoms with Crippen molar-refractivity contribution in [2.45, 2.75) is 59.1 Å². The third-order valence-corrected chi connectivity index (χ3v) is 3.84. The van der Waals surface area contributed by atoms with Crippen molar-refractivity contribution in [1.29, 1.82) is 0 Å². The van der Waals surface area contributed by atoms with E-state index in [-0.39, 0.29) is 6.10 Å². The fourth-order valence-corrected chi connectivity index (χ4v) is 2.98. The van der Waals surface area contributed by atoms with Gasteiger partial charge in [0.15, 0.2) is 0 Å². The molecular weight excluding hydrogens is 234 g/mol. The number of hydrogen-bond acceptors (Lipinski definition) is 2. The Hall–Kier alpha value is -1.18. The molecule has 1 aromatic carbocycles. The van der Waals surface area contributed by atoms with Crippen molar-refractivity contribution in [3.63, 3.8) is 0 Å². The molecular formula is C17H27NO. The molecule has 1 aromatic rings. The first-order valence-corrected chi connectivity index (χ1v) is 7.61. The molecule has 1 fully saturated rings. The molecule has 0 radical (unpaired) electrons. The quantitative estimate of drug-likeness (QED) is 0.792. The van der Waals surface area contributed by atoms with Gasteiger partial charge in [-0.15, -0.1) is 0 Å². The van der Waals surface area contributed by atoms with E-state index in [1.165, 1.54) is 31.5 Å². The molecule has 2 heteroatoms. The van der Waals surface area contributed by atoms with Crippen LogP contribution in [0.15, 0.2) is 24.3 Å². The van der Waals surface area contributed by atoms with E-state index in [0.29, 0.717) is 12.0 Å². The Balaban J connectivity index is 2.19. The highest BCUT2D eigenvalue weighted by atomic mass is 16.5. The number of rotatable bonds is 4. The smallest absolute Gasteiger partial charge is 0.121 e. The lowest BCUT2D eigenvalue weighted by atomic mass is 9.92. The summed E-state index contributed by atoms with van der Waals surface area (Å²) in [4.78, 5) is 2.57. The normalized spacial score (nSPS) is 20.1. The van der Waals surface area contributed by atoms with Crippen LogP contribution < -0.4 is 9.64 Å². The fourth-order valence-electron chi connectivity index (χ4n) is 2.98. The van der Waals surface area contributed by atoms with Crippen LogP contribution in [0.25, 0.3) is 0 Å². The summed E-state index contributed by atoms with van der Waals surface area (Å²) in [5.74, 6) is 1.69. The van der Waals surface area contributed by atoms with Gasteiger partial charge in [-0.1, -0.05) is 19.9 Å². The second-order valence-electron chi connectivity index (χ2n) is 6.16. The average molecular weight is 261 g/mol. The summed E-state index contributed by atoms with van der Waals surface area (Å²) >= 11 is 0. The molecule has 2 rings (SSSR count). The van der Waals surface area contributed by atoms with Crippen molar-refractivity contribution in [3.05, 3.63) is 24.3 Å². The van der Waals surface area contributed by atoms with Gasteiger partial charge in [0.1, 0.15) is 5.75 Å². The highest BCUT2D eigenvalue weighted by molar-refractivity contribution is 5.52. The summed E-state index contributed by atoms with van der Waals surface area (Å²) < 4.78 is 5.81. The first-order valence-electron chi connectivity index (χ1n) is 7.61. The fraction of sp³-hybridized carbons (Fsp3) is 0.647. The Morgan fingerprint density at radius 1 is 1.16 bits per heavy atom. The largest absolute Gasteiger partial charge is 0.491 e. The monoisotopic (exact) mass is 261 g/mol. The zero-order valence-electron chi connectivity index (χ0n) is 12.7. The summed E-state index contributed by atoms with van der Waals surface area (Å²) in [6, 6.07) is 9.24. The van der Waals surface area contributed by atoms with Crippen molar-refractivity contribution in [2.75, 3.05) is 11.4 Å². The van der Waals surface area contributed by atoms with Gasteiger partial charge in [-0.3, -0.25) is 0 Å². The van der Waals surface area contributed by atoms with Gasteiger partial charge < -0.3 is 9.64 Å². The highest BCUT2D eigenvalue weighted by Crippen LogP contribution is 2.31. The summed E-state index contributed by atoms with van der Waals surface area (Å²) in [7, 11) is 0. The molecule has 0 bridgehead atoms. The summed E-state index contributed by atoms with van der Waals surface area (Å²) in [6.45, 7) is 9.98. The molecule has 0 aromatic heterocycles. The molecule has 106 valence electrons. The van der Waals surface area contributed by atoms with Gasteiger partial charge >= 0.3 is 0 Å². The Labute approximate surface area is 117 Å². The molecule has 0 aliphatic carbocycles. The second-order valence-corrected chi connectivity index (χ2v) is 6.16. The lowest BCUT2D eigenvalue weighted by Gasteiger charge is -2.40. The van der Waals surface area contributed by atoms with Crippen LogP contribution in [0.1, 0.15) is 47.0 Å². The summed E-state index contributed by atoms with van der Waals surface area (Å²) in [5.41, 5.74) is 1.32. The molecule has 1 atom stereocenters. The third-order valence-electron chi connectivity index (χ3n) is 3.84. The minimum absolute atomic E-state index is 0.234. The molecule has 0 saturated carbocycles. The van der Waals surface area contributed by atoms with Crippen LogP contribution in [0.5, 0.6) is 5.75 Å². The predicted molar refractivity (Wildman–Crippen MR) is 82.0 cm³/mol. The third kappa shape index (κ3) is 3.65. The first kappa shape index (κ1) is 14.2. The lowest BCUT2D eigenvalue weighted by Crippen LogP contribution is -2.42. The number of piperidine rings is 1. The topological polar surface area (TPSA) is 12.5 Å². The van der Waals surface area contributed by atoms with Crippen LogP contribution in [0.2, 0.25) is 0 Å². The summed E-state index contributed by atoms with van der Waals surface area (Å²) in [5, 5.41) is 0. The van der Waals surface area contributed by atoms with Gasteiger partial charge in [-0.25, -0.2) is 0 Å². The van der Waals surface area contributed by atoms with Gasteiger partial charge in [-0.05, 0) is 51.2 Å².